The summed E-state index contributed by atoms with van der Waals surface area (Å²) in [5.41, 5.74) is 0.0140. The summed E-state index contributed by atoms with van der Waals surface area (Å²) < 4.78 is 0. The Morgan fingerprint density at radius 1 is 1.00 bits per heavy atom. The number of carboxylic acids is 2. The van der Waals surface area contributed by atoms with Gasteiger partial charge in [0.05, 0.1) is 16.7 Å². The Morgan fingerprint density at radius 3 is 2.28 bits per heavy atom. The Bertz CT molecular complexity index is 713. The summed E-state index contributed by atoms with van der Waals surface area (Å²) in [5.74, 6) is -2.26. The Hall–Kier alpha value is -2.87. The summed E-state index contributed by atoms with van der Waals surface area (Å²) in [6.07, 6.45) is 0. The molecule has 0 saturated carbocycles. The van der Waals surface area contributed by atoms with Crippen molar-refractivity contribution < 1.29 is 19.8 Å². The quantitative estimate of drug-likeness (QED) is 0.838. The van der Waals surface area contributed by atoms with E-state index in [4.69, 9.17) is 15.5 Å². The predicted octanol–water partition coefficient (Wildman–Crippen LogP) is 2.11. The van der Waals surface area contributed by atoms with Gasteiger partial charge in [-0.2, -0.15) is 5.26 Å². The summed E-state index contributed by atoms with van der Waals surface area (Å²) in [6.45, 7) is 0. The van der Waals surface area contributed by atoms with E-state index in [1.807, 2.05) is 0 Å². The van der Waals surface area contributed by atoms with Crippen molar-refractivity contribution in [3.63, 3.8) is 0 Å². The molecule has 2 aromatic carbocycles. The first-order valence-electron chi connectivity index (χ1n) is 4.97. The number of fused-ring (bicyclic) bond motifs is 1. The van der Waals surface area contributed by atoms with Crippen molar-refractivity contribution in [1.82, 2.24) is 0 Å². The molecular weight excluding hydrogens is 234 g/mol. The molecule has 0 bridgehead atoms. The highest BCUT2D eigenvalue weighted by Crippen LogP contribution is 2.21. The maximum Gasteiger partial charge on any atom is 0.337 e. The number of hydrogen-bond donors (Lipinski definition) is 2. The van der Waals surface area contributed by atoms with Crippen LogP contribution in [0.1, 0.15) is 26.3 Å². The molecule has 5 nitrogen and oxygen atoms in total. The van der Waals surface area contributed by atoms with E-state index in [1.54, 1.807) is 6.07 Å². The van der Waals surface area contributed by atoms with Gasteiger partial charge >= 0.3 is 11.9 Å². The van der Waals surface area contributed by atoms with Gasteiger partial charge in [-0.05, 0) is 35.0 Å². The number of hydrogen-bond acceptors (Lipinski definition) is 3. The molecule has 0 unspecified atom stereocenters. The summed E-state index contributed by atoms with van der Waals surface area (Å²) in [7, 11) is 0. The molecule has 5 heteroatoms. The van der Waals surface area contributed by atoms with Crippen molar-refractivity contribution in [2.24, 2.45) is 0 Å². The first-order valence-corrected chi connectivity index (χ1v) is 4.97. The third-order valence-electron chi connectivity index (χ3n) is 2.57. The highest BCUT2D eigenvalue weighted by molar-refractivity contribution is 5.99. The molecule has 2 rings (SSSR count). The van der Waals surface area contributed by atoms with Crippen molar-refractivity contribution in [2.45, 2.75) is 0 Å². The average molecular weight is 241 g/mol. The van der Waals surface area contributed by atoms with Gasteiger partial charge in [-0.1, -0.05) is 6.07 Å². The van der Waals surface area contributed by atoms with Crippen LogP contribution in [0, 0.1) is 11.3 Å². The first kappa shape index (κ1) is 11.6. The van der Waals surface area contributed by atoms with E-state index in [2.05, 4.69) is 0 Å². The summed E-state index contributed by atoms with van der Waals surface area (Å²) in [6, 6.07) is 8.85. The normalized spacial score (nSPS) is 9.94. The lowest BCUT2D eigenvalue weighted by molar-refractivity contribution is 0.0685. The fraction of sp³-hybridized carbons (Fsp3) is 0. The minimum Gasteiger partial charge on any atom is -0.478 e. The Labute approximate surface area is 102 Å². The lowest BCUT2D eigenvalue weighted by Crippen LogP contribution is -2.01. The van der Waals surface area contributed by atoms with E-state index in [-0.39, 0.29) is 16.7 Å². The standard InChI is InChI=1S/C13H7NO4/c14-6-10-4-9-3-8(12(15)16)2-1-7(9)5-11(10)13(17)18/h1-5H,(H,15,16)(H,17,18). The predicted molar refractivity (Wildman–Crippen MR) is 62.6 cm³/mol. The van der Waals surface area contributed by atoms with Crippen LogP contribution in [0.2, 0.25) is 0 Å². The van der Waals surface area contributed by atoms with E-state index in [1.165, 1.54) is 30.3 Å². The molecule has 0 amide bonds. The van der Waals surface area contributed by atoms with Crippen molar-refractivity contribution in [3.05, 3.63) is 47.0 Å². The molecule has 0 saturated heterocycles. The molecule has 0 radical (unpaired) electrons. The maximum absolute atomic E-state index is 11.0. The third-order valence-corrected chi connectivity index (χ3v) is 2.57. The number of carboxylic acid groups (broad SMARTS) is 2. The minimum absolute atomic E-state index is 0.0116. The SMILES string of the molecule is N#Cc1cc2cc(C(=O)O)ccc2cc1C(=O)O. The van der Waals surface area contributed by atoms with Crippen molar-refractivity contribution in [2.75, 3.05) is 0 Å². The summed E-state index contributed by atoms with van der Waals surface area (Å²) in [4.78, 5) is 21.8. The van der Waals surface area contributed by atoms with Crippen LogP contribution in [0.5, 0.6) is 0 Å². The van der Waals surface area contributed by atoms with Crippen LogP contribution < -0.4 is 0 Å². The van der Waals surface area contributed by atoms with Crippen molar-refractivity contribution in [3.8, 4) is 6.07 Å². The van der Waals surface area contributed by atoms with Crippen LogP contribution in [-0.4, -0.2) is 22.2 Å². The minimum atomic E-state index is -1.18. The van der Waals surface area contributed by atoms with E-state index >= 15 is 0 Å². The van der Waals surface area contributed by atoms with Gasteiger partial charge in [-0.15, -0.1) is 0 Å². The average Bonchev–Trinajstić information content (AvgIpc) is 2.36. The lowest BCUT2D eigenvalue weighted by Gasteiger charge is -2.03. The molecule has 0 aliphatic heterocycles. The van der Waals surface area contributed by atoms with Gasteiger partial charge in [0.1, 0.15) is 6.07 Å². The zero-order valence-electron chi connectivity index (χ0n) is 9.04. The van der Waals surface area contributed by atoms with Crippen LogP contribution in [0.15, 0.2) is 30.3 Å². The fourth-order valence-electron chi connectivity index (χ4n) is 1.70. The van der Waals surface area contributed by atoms with Crippen LogP contribution in [0.25, 0.3) is 10.8 Å². The largest absolute Gasteiger partial charge is 0.478 e. The molecule has 0 heterocycles. The molecule has 0 atom stereocenters. The van der Waals surface area contributed by atoms with Gasteiger partial charge in [0, 0.05) is 0 Å². The van der Waals surface area contributed by atoms with E-state index in [0.717, 1.165) is 0 Å². The second-order valence-electron chi connectivity index (χ2n) is 3.68. The van der Waals surface area contributed by atoms with Gasteiger partial charge in [0.25, 0.3) is 0 Å². The molecule has 0 fully saturated rings. The van der Waals surface area contributed by atoms with Gasteiger partial charge in [-0.3, -0.25) is 0 Å². The monoisotopic (exact) mass is 241 g/mol. The Kier molecular flexibility index (Phi) is 2.70. The van der Waals surface area contributed by atoms with Crippen molar-refractivity contribution >= 4 is 22.7 Å². The molecule has 88 valence electrons. The number of benzene rings is 2. The number of aromatic carboxylic acids is 2. The van der Waals surface area contributed by atoms with Crippen LogP contribution >= 0.6 is 0 Å². The second kappa shape index (κ2) is 4.18. The van der Waals surface area contributed by atoms with E-state index < -0.39 is 11.9 Å². The van der Waals surface area contributed by atoms with E-state index in [0.29, 0.717) is 10.8 Å². The topological polar surface area (TPSA) is 98.4 Å². The zero-order valence-corrected chi connectivity index (χ0v) is 9.04. The molecule has 0 aliphatic carbocycles. The van der Waals surface area contributed by atoms with Crippen LogP contribution in [0.4, 0.5) is 0 Å². The number of nitriles is 1. The fourth-order valence-corrected chi connectivity index (χ4v) is 1.70. The van der Waals surface area contributed by atoms with Gasteiger partial charge in [0.2, 0.25) is 0 Å². The number of carbonyl (C=O) groups is 2. The molecule has 2 aromatic rings. The summed E-state index contributed by atoms with van der Waals surface area (Å²) in [5, 5.41) is 27.8. The van der Waals surface area contributed by atoms with Gasteiger partial charge in [-0.25, -0.2) is 9.59 Å². The van der Waals surface area contributed by atoms with E-state index in [9.17, 15) is 9.59 Å². The Morgan fingerprint density at radius 2 is 1.72 bits per heavy atom. The molecule has 2 N–H and O–H groups in total. The lowest BCUT2D eigenvalue weighted by atomic mass is 10.00. The van der Waals surface area contributed by atoms with Gasteiger partial charge in [0.15, 0.2) is 0 Å². The summed E-state index contributed by atoms with van der Waals surface area (Å²) >= 11 is 0. The second-order valence-corrected chi connectivity index (χ2v) is 3.68. The van der Waals surface area contributed by atoms with Crippen LogP contribution in [-0.2, 0) is 0 Å². The molecule has 0 aromatic heterocycles. The first-order chi connectivity index (χ1) is 8.52. The molecule has 18 heavy (non-hydrogen) atoms. The number of rotatable bonds is 2. The Balaban J connectivity index is 2.76. The maximum atomic E-state index is 11.0. The smallest absolute Gasteiger partial charge is 0.337 e. The van der Waals surface area contributed by atoms with Gasteiger partial charge < -0.3 is 10.2 Å². The third kappa shape index (κ3) is 1.87. The zero-order chi connectivity index (χ0) is 13.3. The van der Waals surface area contributed by atoms with Crippen molar-refractivity contribution in [1.29, 1.82) is 5.26 Å². The number of nitrogens with zero attached hydrogens (tertiary/aromatic N) is 1. The molecule has 0 spiro atoms. The highest BCUT2D eigenvalue weighted by atomic mass is 16.4. The highest BCUT2D eigenvalue weighted by Gasteiger charge is 2.12. The van der Waals surface area contributed by atoms with Crippen LogP contribution in [0.3, 0.4) is 0 Å². The molecule has 0 aliphatic rings. The molecular formula is C13H7NO4.